The maximum absolute atomic E-state index is 12.3. The van der Waals surface area contributed by atoms with Crippen LogP contribution in [0.5, 0.6) is 5.75 Å². The Labute approximate surface area is 198 Å². The number of hydrogen-bond donors (Lipinski definition) is 3. The van der Waals surface area contributed by atoms with Crippen molar-refractivity contribution in [2.75, 3.05) is 69.8 Å². The first kappa shape index (κ1) is 25.0. The van der Waals surface area contributed by atoms with Gasteiger partial charge in [0.1, 0.15) is 5.75 Å². The number of carbonyl (C=O) groups is 3. The molecule has 1 aliphatic heterocycles. The topological polar surface area (TPSA) is 120 Å². The molecule has 2 aromatic carbocycles. The molecule has 1 aliphatic rings. The quantitative estimate of drug-likeness (QED) is 0.420. The fraction of sp³-hybridized carbons (Fsp3) is 0.375. The van der Waals surface area contributed by atoms with Gasteiger partial charge in [-0.3, -0.25) is 14.5 Å². The number of aromatic carboxylic acids is 1. The molecule has 3 rings (SSSR count). The average molecular weight is 471 g/mol. The number of benzene rings is 2. The normalized spacial score (nSPS) is 13.9. The molecule has 1 heterocycles. The molecule has 0 aromatic heterocycles. The molecule has 1 saturated heterocycles. The number of anilines is 2. The van der Waals surface area contributed by atoms with Gasteiger partial charge < -0.3 is 30.1 Å². The Balaban J connectivity index is 1.54. The molecular formula is C24H30N4O6. The number of carbonyl (C=O) groups excluding carboxylic acids is 2. The van der Waals surface area contributed by atoms with E-state index in [0.717, 1.165) is 5.69 Å². The Hall–Kier alpha value is -3.63. The second kappa shape index (κ2) is 12.6. The predicted octanol–water partition coefficient (Wildman–Crippen LogP) is 1.29. The number of methoxy groups -OCH3 is 1. The lowest BCUT2D eigenvalue weighted by molar-refractivity contribution is -0.122. The van der Waals surface area contributed by atoms with Crippen molar-refractivity contribution in [3.8, 4) is 5.75 Å². The first-order valence-electron chi connectivity index (χ1n) is 11.0. The second-order valence-electron chi connectivity index (χ2n) is 7.79. The smallest absolute Gasteiger partial charge is 0.337 e. The first-order chi connectivity index (χ1) is 16.5. The molecule has 2 aromatic rings. The van der Waals surface area contributed by atoms with E-state index in [1.807, 2.05) is 6.07 Å². The number of piperazine rings is 1. The summed E-state index contributed by atoms with van der Waals surface area (Å²) in [6, 6.07) is 13.8. The summed E-state index contributed by atoms with van der Waals surface area (Å²) in [4.78, 5) is 40.2. The van der Waals surface area contributed by atoms with Crippen LogP contribution in [0.3, 0.4) is 0 Å². The predicted molar refractivity (Wildman–Crippen MR) is 128 cm³/mol. The van der Waals surface area contributed by atoms with Crippen LogP contribution >= 0.6 is 0 Å². The van der Waals surface area contributed by atoms with Gasteiger partial charge in [0.25, 0.3) is 5.91 Å². The van der Waals surface area contributed by atoms with Crippen LogP contribution in [0.4, 0.5) is 11.4 Å². The number of ether oxygens (including phenoxy) is 2. The highest BCUT2D eigenvalue weighted by molar-refractivity contribution is 6.01. The zero-order chi connectivity index (χ0) is 24.3. The summed E-state index contributed by atoms with van der Waals surface area (Å²) in [6.07, 6.45) is 0. The highest BCUT2D eigenvalue weighted by Gasteiger charge is 2.21. The molecule has 0 aliphatic carbocycles. The van der Waals surface area contributed by atoms with Crippen molar-refractivity contribution in [1.82, 2.24) is 10.2 Å². The zero-order valence-corrected chi connectivity index (χ0v) is 19.2. The van der Waals surface area contributed by atoms with E-state index in [1.54, 1.807) is 49.6 Å². The lowest BCUT2D eigenvalue weighted by Crippen LogP contribution is -2.49. The van der Waals surface area contributed by atoms with Gasteiger partial charge in [-0.05, 0) is 30.3 Å². The molecule has 0 atom stereocenters. The van der Waals surface area contributed by atoms with E-state index in [-0.39, 0.29) is 23.8 Å². The number of hydrogen-bond acceptors (Lipinski definition) is 7. The molecule has 2 amide bonds. The third kappa shape index (κ3) is 7.46. The third-order valence-electron chi connectivity index (χ3n) is 5.35. The van der Waals surface area contributed by atoms with Crippen molar-refractivity contribution in [2.45, 2.75) is 0 Å². The van der Waals surface area contributed by atoms with Crippen molar-refractivity contribution in [2.24, 2.45) is 0 Å². The molecule has 34 heavy (non-hydrogen) atoms. The molecule has 0 spiro atoms. The number of nitrogens with one attached hydrogen (secondary N) is 2. The molecule has 1 fully saturated rings. The molecular weight excluding hydrogens is 440 g/mol. The maximum Gasteiger partial charge on any atom is 0.337 e. The number of amides is 2. The Morgan fingerprint density at radius 1 is 1.00 bits per heavy atom. The lowest BCUT2D eigenvalue weighted by atomic mass is 10.1. The summed E-state index contributed by atoms with van der Waals surface area (Å²) in [5.41, 5.74) is 0.968. The summed E-state index contributed by atoms with van der Waals surface area (Å²) >= 11 is 0. The summed E-state index contributed by atoms with van der Waals surface area (Å²) < 4.78 is 10.3. The lowest BCUT2D eigenvalue weighted by Gasteiger charge is -2.36. The van der Waals surface area contributed by atoms with Crippen LogP contribution in [0.2, 0.25) is 0 Å². The standard InChI is InChI=1S/C24H30N4O6/c1-33-14-9-25-22(29)16-27-10-12-28(13-11-27)18-7-8-21(20(15-18)24(31)32)26-23(30)17-34-19-5-3-2-4-6-19/h2-8,15H,9-14,16-17H2,1H3,(H,25,29)(H,26,30)(H,31,32). The Bertz CT molecular complexity index is 977. The molecule has 0 saturated carbocycles. The van der Waals surface area contributed by atoms with Gasteiger partial charge in [-0.15, -0.1) is 0 Å². The molecule has 10 heteroatoms. The fourth-order valence-corrected chi connectivity index (χ4v) is 3.58. The van der Waals surface area contributed by atoms with Gasteiger partial charge in [0.15, 0.2) is 6.61 Å². The average Bonchev–Trinajstić information content (AvgIpc) is 2.84. The number of carboxylic acid groups (broad SMARTS) is 1. The molecule has 3 N–H and O–H groups in total. The van der Waals surface area contributed by atoms with Gasteiger partial charge >= 0.3 is 5.97 Å². The van der Waals surface area contributed by atoms with Crippen LogP contribution in [0.1, 0.15) is 10.4 Å². The van der Waals surface area contributed by atoms with E-state index in [4.69, 9.17) is 9.47 Å². The van der Waals surface area contributed by atoms with Crippen molar-refractivity contribution < 1.29 is 29.0 Å². The van der Waals surface area contributed by atoms with Crippen LogP contribution < -0.4 is 20.3 Å². The molecule has 0 radical (unpaired) electrons. The number of para-hydroxylation sites is 1. The minimum absolute atomic E-state index is 0.00510. The molecule has 10 nitrogen and oxygen atoms in total. The summed E-state index contributed by atoms with van der Waals surface area (Å²) in [6.45, 7) is 3.70. The van der Waals surface area contributed by atoms with Gasteiger partial charge in [0.05, 0.1) is 24.4 Å². The summed E-state index contributed by atoms with van der Waals surface area (Å²) in [7, 11) is 1.59. The number of rotatable bonds is 11. The van der Waals surface area contributed by atoms with Crippen molar-refractivity contribution >= 4 is 29.2 Å². The van der Waals surface area contributed by atoms with E-state index < -0.39 is 11.9 Å². The Kier molecular flexibility index (Phi) is 9.24. The third-order valence-corrected chi connectivity index (χ3v) is 5.35. The largest absolute Gasteiger partial charge is 0.484 e. The van der Waals surface area contributed by atoms with E-state index in [9.17, 15) is 19.5 Å². The first-order valence-corrected chi connectivity index (χ1v) is 11.0. The maximum atomic E-state index is 12.3. The Morgan fingerprint density at radius 3 is 2.41 bits per heavy atom. The van der Waals surface area contributed by atoms with E-state index in [1.165, 1.54) is 0 Å². The summed E-state index contributed by atoms with van der Waals surface area (Å²) in [5, 5.41) is 15.1. The van der Waals surface area contributed by atoms with Crippen molar-refractivity contribution in [3.05, 3.63) is 54.1 Å². The minimum atomic E-state index is -1.13. The highest BCUT2D eigenvalue weighted by atomic mass is 16.5. The molecule has 0 bridgehead atoms. The Morgan fingerprint density at radius 2 is 1.74 bits per heavy atom. The molecule has 182 valence electrons. The van der Waals surface area contributed by atoms with Crippen molar-refractivity contribution in [3.63, 3.8) is 0 Å². The van der Waals surface area contributed by atoms with Gasteiger partial charge in [0, 0.05) is 45.5 Å². The zero-order valence-electron chi connectivity index (χ0n) is 19.2. The van der Waals surface area contributed by atoms with Gasteiger partial charge in [-0.2, -0.15) is 0 Å². The monoisotopic (exact) mass is 470 g/mol. The van der Waals surface area contributed by atoms with Crippen LogP contribution in [0.15, 0.2) is 48.5 Å². The van der Waals surface area contributed by atoms with Crippen LogP contribution in [0, 0.1) is 0 Å². The fourth-order valence-electron chi connectivity index (χ4n) is 3.58. The molecule has 0 unspecified atom stereocenters. The van der Waals surface area contributed by atoms with E-state index in [0.29, 0.717) is 51.6 Å². The van der Waals surface area contributed by atoms with Crippen LogP contribution in [-0.2, 0) is 14.3 Å². The highest BCUT2D eigenvalue weighted by Crippen LogP contribution is 2.25. The number of nitrogens with zero attached hydrogens (tertiary/aromatic N) is 2. The summed E-state index contributed by atoms with van der Waals surface area (Å²) in [5.74, 6) is -1.07. The second-order valence-corrected chi connectivity index (χ2v) is 7.79. The van der Waals surface area contributed by atoms with Crippen LogP contribution in [0.25, 0.3) is 0 Å². The van der Waals surface area contributed by atoms with E-state index >= 15 is 0 Å². The van der Waals surface area contributed by atoms with Gasteiger partial charge in [0.2, 0.25) is 5.91 Å². The van der Waals surface area contributed by atoms with E-state index in [2.05, 4.69) is 20.4 Å². The minimum Gasteiger partial charge on any atom is -0.484 e. The number of carboxylic acids is 1. The van der Waals surface area contributed by atoms with Crippen LogP contribution in [-0.4, -0.2) is 87.4 Å². The van der Waals surface area contributed by atoms with Crippen molar-refractivity contribution in [1.29, 1.82) is 0 Å². The SMILES string of the molecule is COCCNC(=O)CN1CCN(c2ccc(NC(=O)COc3ccccc3)c(C(=O)O)c2)CC1. The van der Waals surface area contributed by atoms with Gasteiger partial charge in [-0.1, -0.05) is 18.2 Å². The van der Waals surface area contributed by atoms with Gasteiger partial charge in [-0.25, -0.2) is 4.79 Å².